The molecule has 1 aromatic carbocycles. The quantitative estimate of drug-likeness (QED) is 0.538. The number of carbonyl (C=O) groups is 1. The number of aryl methyl sites for hydroxylation is 1. The summed E-state index contributed by atoms with van der Waals surface area (Å²) in [6, 6.07) is 4.26. The van der Waals surface area contributed by atoms with Crippen molar-refractivity contribution in [3.63, 3.8) is 0 Å². The number of nitrogens with one attached hydrogen (secondary N) is 1. The number of carbonyl (C=O) groups excluding carboxylic acids is 1. The van der Waals surface area contributed by atoms with Crippen LogP contribution >= 0.6 is 0 Å². The number of benzene rings is 1. The van der Waals surface area contributed by atoms with Crippen LogP contribution in [0.5, 0.6) is 11.6 Å². The van der Waals surface area contributed by atoms with Gasteiger partial charge in [-0.1, -0.05) is 12.7 Å². The maximum atomic E-state index is 15.3. The summed E-state index contributed by atoms with van der Waals surface area (Å²) in [6.45, 7) is 9.87. The molecule has 0 unspecified atom stereocenters. The van der Waals surface area contributed by atoms with Crippen LogP contribution in [0.2, 0.25) is 0 Å². The SMILES string of the molecule is C=C/C=C(\Cc1ncnc(Oc2cc(F)c3c(cc(C)n3C(C)=O)c2F)c1C#N)N1CCNCC1. The van der Waals surface area contributed by atoms with Crippen LogP contribution in [-0.4, -0.2) is 51.5 Å². The maximum absolute atomic E-state index is 15.3. The van der Waals surface area contributed by atoms with Gasteiger partial charge in [-0.3, -0.25) is 9.36 Å². The fourth-order valence-corrected chi connectivity index (χ4v) is 4.27. The molecule has 180 valence electrons. The highest BCUT2D eigenvalue weighted by Gasteiger charge is 2.23. The van der Waals surface area contributed by atoms with E-state index in [4.69, 9.17) is 4.74 Å². The van der Waals surface area contributed by atoms with Gasteiger partial charge in [0.2, 0.25) is 11.8 Å². The molecule has 1 N–H and O–H groups in total. The van der Waals surface area contributed by atoms with Crippen molar-refractivity contribution in [1.29, 1.82) is 5.26 Å². The van der Waals surface area contributed by atoms with Crippen molar-refractivity contribution >= 4 is 16.8 Å². The normalized spacial score (nSPS) is 14.1. The monoisotopic (exact) mass is 478 g/mol. The number of nitriles is 1. The second-order valence-corrected chi connectivity index (χ2v) is 8.09. The molecule has 0 atom stereocenters. The summed E-state index contributed by atoms with van der Waals surface area (Å²) in [5.74, 6) is -2.76. The van der Waals surface area contributed by atoms with E-state index in [-0.39, 0.29) is 22.3 Å². The highest BCUT2D eigenvalue weighted by Crippen LogP contribution is 2.35. The number of piperazine rings is 1. The van der Waals surface area contributed by atoms with Crippen LogP contribution in [0, 0.1) is 29.9 Å². The topological polar surface area (TPSA) is 96.1 Å². The van der Waals surface area contributed by atoms with Gasteiger partial charge in [0, 0.05) is 62.4 Å². The number of hydrogen-bond donors (Lipinski definition) is 1. The van der Waals surface area contributed by atoms with Crippen molar-refractivity contribution in [2.75, 3.05) is 26.2 Å². The second-order valence-electron chi connectivity index (χ2n) is 8.09. The third-order valence-electron chi connectivity index (χ3n) is 5.83. The van der Waals surface area contributed by atoms with Gasteiger partial charge >= 0.3 is 0 Å². The molecular formula is C25H24F2N6O2. The first kappa shape index (κ1) is 24.0. The molecule has 0 bridgehead atoms. The van der Waals surface area contributed by atoms with Crippen molar-refractivity contribution in [2.24, 2.45) is 0 Å². The minimum atomic E-state index is -0.860. The van der Waals surface area contributed by atoms with Crippen LogP contribution in [0.3, 0.4) is 0 Å². The van der Waals surface area contributed by atoms with Crippen molar-refractivity contribution in [1.82, 2.24) is 24.8 Å². The summed E-state index contributed by atoms with van der Waals surface area (Å²) in [7, 11) is 0. The molecule has 0 spiro atoms. The van der Waals surface area contributed by atoms with Crippen molar-refractivity contribution < 1.29 is 18.3 Å². The molecule has 0 radical (unpaired) electrons. The average Bonchev–Trinajstić information content (AvgIpc) is 3.21. The number of fused-ring (bicyclic) bond motifs is 1. The fourth-order valence-electron chi connectivity index (χ4n) is 4.27. The Hall–Kier alpha value is -4.10. The number of ether oxygens (including phenoxy) is 1. The molecule has 4 rings (SSSR count). The van der Waals surface area contributed by atoms with E-state index in [1.807, 2.05) is 12.1 Å². The van der Waals surface area contributed by atoms with E-state index in [0.29, 0.717) is 17.8 Å². The molecule has 0 saturated carbocycles. The lowest BCUT2D eigenvalue weighted by Gasteiger charge is -2.31. The Morgan fingerprint density at radius 1 is 1.31 bits per heavy atom. The summed E-state index contributed by atoms with van der Waals surface area (Å²) in [5, 5.41) is 13.0. The number of nitrogens with zero attached hydrogens (tertiary/aromatic N) is 5. The van der Waals surface area contributed by atoms with Gasteiger partial charge in [-0.05, 0) is 19.1 Å². The van der Waals surface area contributed by atoms with Gasteiger partial charge in [0.05, 0.1) is 11.2 Å². The average molecular weight is 479 g/mol. The second kappa shape index (κ2) is 10.0. The molecule has 3 aromatic rings. The van der Waals surface area contributed by atoms with Crippen molar-refractivity contribution in [2.45, 2.75) is 20.3 Å². The summed E-state index contributed by atoms with van der Waals surface area (Å²) in [6.07, 6.45) is 5.06. The third kappa shape index (κ3) is 4.63. The van der Waals surface area contributed by atoms with E-state index < -0.39 is 23.3 Å². The fraction of sp³-hybridized carbons (Fsp3) is 0.280. The molecular weight excluding hydrogens is 454 g/mol. The number of hydrogen-bond acceptors (Lipinski definition) is 7. The van der Waals surface area contributed by atoms with E-state index in [1.165, 1.54) is 19.3 Å². The van der Waals surface area contributed by atoms with Gasteiger partial charge in [-0.15, -0.1) is 0 Å². The Bertz CT molecular complexity index is 1380. The minimum absolute atomic E-state index is 0.0231. The molecule has 10 heteroatoms. The first-order chi connectivity index (χ1) is 16.8. The summed E-state index contributed by atoms with van der Waals surface area (Å²) >= 11 is 0. The van der Waals surface area contributed by atoms with E-state index in [1.54, 1.807) is 13.0 Å². The van der Waals surface area contributed by atoms with Crippen LogP contribution in [0.1, 0.15) is 28.7 Å². The molecule has 1 aliphatic rings. The Morgan fingerprint density at radius 3 is 2.71 bits per heavy atom. The van der Waals surface area contributed by atoms with Gasteiger partial charge in [0.1, 0.15) is 18.0 Å². The number of rotatable bonds is 6. The molecule has 1 fully saturated rings. The Kier molecular flexibility index (Phi) is 6.89. The number of aromatic nitrogens is 3. The zero-order valence-electron chi connectivity index (χ0n) is 19.4. The molecule has 1 saturated heterocycles. The van der Waals surface area contributed by atoms with Gasteiger partial charge < -0.3 is 15.0 Å². The Morgan fingerprint density at radius 2 is 2.06 bits per heavy atom. The minimum Gasteiger partial charge on any atom is -0.434 e. The Labute approximate surface area is 201 Å². The van der Waals surface area contributed by atoms with Crippen LogP contribution in [0.15, 0.2) is 42.9 Å². The van der Waals surface area contributed by atoms with Gasteiger partial charge in [-0.2, -0.15) is 5.26 Å². The van der Waals surface area contributed by atoms with Crippen molar-refractivity contribution in [3.05, 3.63) is 71.5 Å². The third-order valence-corrected chi connectivity index (χ3v) is 5.83. The summed E-state index contributed by atoms with van der Waals surface area (Å²) in [5.41, 5.74) is 1.56. The first-order valence-electron chi connectivity index (χ1n) is 11.1. The molecule has 0 aliphatic carbocycles. The lowest BCUT2D eigenvalue weighted by Crippen LogP contribution is -2.43. The Balaban J connectivity index is 1.72. The summed E-state index contributed by atoms with van der Waals surface area (Å²) in [4.78, 5) is 22.4. The van der Waals surface area contributed by atoms with Crippen molar-refractivity contribution in [3.8, 4) is 17.7 Å². The molecule has 2 aromatic heterocycles. The standard InChI is InChI=1S/C25H24F2N6O2/c1-4-5-17(32-8-6-29-7-9-32)11-21-19(13-28)25(31-14-30-21)35-22-12-20(26)24-18(23(22)27)10-15(2)33(24)16(3)34/h4-5,10,12,14,29H,1,6-9,11H2,2-3H3/b17-5+. The smallest absolute Gasteiger partial charge is 0.240 e. The largest absolute Gasteiger partial charge is 0.434 e. The zero-order valence-corrected chi connectivity index (χ0v) is 19.4. The van der Waals surface area contributed by atoms with Crippen LogP contribution in [0.4, 0.5) is 8.78 Å². The predicted octanol–water partition coefficient (Wildman–Crippen LogP) is 3.86. The summed E-state index contributed by atoms with van der Waals surface area (Å²) < 4.78 is 37.0. The van der Waals surface area contributed by atoms with Gasteiger partial charge in [0.25, 0.3) is 0 Å². The van der Waals surface area contributed by atoms with E-state index >= 15 is 4.39 Å². The number of allylic oxidation sites excluding steroid dienone is 3. The highest BCUT2D eigenvalue weighted by molar-refractivity contribution is 5.94. The van der Waals surface area contributed by atoms with E-state index in [0.717, 1.165) is 42.5 Å². The highest BCUT2D eigenvalue weighted by atomic mass is 19.1. The lowest BCUT2D eigenvalue weighted by atomic mass is 10.1. The van der Waals surface area contributed by atoms with Crippen LogP contribution in [-0.2, 0) is 6.42 Å². The van der Waals surface area contributed by atoms with Gasteiger partial charge in [0.15, 0.2) is 17.4 Å². The first-order valence-corrected chi connectivity index (χ1v) is 11.1. The van der Waals surface area contributed by atoms with Crippen LogP contribution < -0.4 is 10.1 Å². The van der Waals surface area contributed by atoms with E-state index in [2.05, 4.69) is 26.8 Å². The molecule has 35 heavy (non-hydrogen) atoms. The molecule has 8 nitrogen and oxygen atoms in total. The predicted molar refractivity (Wildman–Crippen MR) is 126 cm³/mol. The zero-order chi connectivity index (χ0) is 25.1. The lowest BCUT2D eigenvalue weighted by molar-refractivity contribution is 0.0939. The molecule has 0 amide bonds. The molecule has 1 aliphatic heterocycles. The van der Waals surface area contributed by atoms with Gasteiger partial charge in [-0.25, -0.2) is 18.7 Å². The van der Waals surface area contributed by atoms with E-state index in [9.17, 15) is 14.4 Å². The number of halogens is 2. The molecule has 3 heterocycles. The van der Waals surface area contributed by atoms with Crippen LogP contribution in [0.25, 0.3) is 10.9 Å². The maximum Gasteiger partial charge on any atom is 0.240 e.